The number of hydrogen-bond donors (Lipinski definition) is 0. The molecule has 0 spiro atoms. The van der Waals surface area contributed by atoms with E-state index in [1.165, 1.54) is 0 Å². The van der Waals surface area contributed by atoms with Crippen LogP contribution >= 0.6 is 15.9 Å². The van der Waals surface area contributed by atoms with Crippen LogP contribution in [0.2, 0.25) is 0 Å². The first kappa shape index (κ1) is 15.8. The fourth-order valence-corrected chi connectivity index (χ4v) is 2.57. The number of carbonyl (C=O) groups excluding carboxylic acids is 1. The van der Waals surface area contributed by atoms with E-state index in [2.05, 4.69) is 21.0 Å². The maximum atomic E-state index is 13.8. The van der Waals surface area contributed by atoms with Gasteiger partial charge in [0.2, 0.25) is 0 Å². The van der Waals surface area contributed by atoms with Crippen molar-refractivity contribution in [2.24, 2.45) is 0 Å². The number of hydrogen-bond acceptors (Lipinski definition) is 2. The van der Waals surface area contributed by atoms with Crippen LogP contribution in [0.15, 0.2) is 22.7 Å². The highest BCUT2D eigenvalue weighted by atomic mass is 79.9. The number of carbonyl (C=O) groups is 1. The Kier molecular flexibility index (Phi) is 4.88. The third-order valence-electron chi connectivity index (χ3n) is 3.20. The monoisotopic (exact) mass is 356 g/mol. The van der Waals surface area contributed by atoms with Crippen LogP contribution in [0.25, 0.3) is 0 Å². The summed E-state index contributed by atoms with van der Waals surface area (Å²) in [6.07, 6.45) is 0.672. The van der Waals surface area contributed by atoms with Gasteiger partial charge in [-0.2, -0.15) is 5.10 Å². The summed E-state index contributed by atoms with van der Waals surface area (Å²) >= 11 is 2.99. The summed E-state index contributed by atoms with van der Waals surface area (Å²) in [6, 6.07) is 3.98. The van der Waals surface area contributed by atoms with E-state index in [4.69, 9.17) is 0 Å². The van der Waals surface area contributed by atoms with Crippen molar-refractivity contribution in [1.29, 1.82) is 0 Å². The minimum absolute atomic E-state index is 0.0731. The molecule has 0 aliphatic heterocycles. The zero-order valence-electron chi connectivity index (χ0n) is 11.8. The Hall–Kier alpha value is -1.56. The van der Waals surface area contributed by atoms with Gasteiger partial charge in [0.25, 0.3) is 0 Å². The Labute approximate surface area is 130 Å². The minimum Gasteiger partial charge on any atom is -0.294 e. The van der Waals surface area contributed by atoms with E-state index >= 15 is 0 Å². The molecular weight excluding hydrogens is 342 g/mol. The second-order valence-corrected chi connectivity index (χ2v) is 5.56. The molecule has 112 valence electrons. The molecule has 0 unspecified atom stereocenters. The normalized spacial score (nSPS) is 10.9. The summed E-state index contributed by atoms with van der Waals surface area (Å²) < 4.78 is 29.6. The number of nitrogens with zero attached hydrogens (tertiary/aromatic N) is 2. The van der Waals surface area contributed by atoms with Crippen molar-refractivity contribution in [3.63, 3.8) is 0 Å². The predicted octanol–water partition coefficient (Wildman–Crippen LogP) is 3.93. The first-order valence-corrected chi connectivity index (χ1v) is 7.48. The van der Waals surface area contributed by atoms with Gasteiger partial charge >= 0.3 is 0 Å². The lowest BCUT2D eigenvalue weighted by atomic mass is 10.0. The molecule has 0 saturated heterocycles. The van der Waals surface area contributed by atoms with E-state index in [1.54, 1.807) is 10.7 Å². The zero-order valence-corrected chi connectivity index (χ0v) is 13.4. The Balaban J connectivity index is 2.32. The van der Waals surface area contributed by atoms with E-state index < -0.39 is 23.0 Å². The molecule has 2 rings (SSSR count). The van der Waals surface area contributed by atoms with Crippen LogP contribution in [0.4, 0.5) is 8.78 Å². The van der Waals surface area contributed by atoms with Crippen molar-refractivity contribution < 1.29 is 13.6 Å². The second kappa shape index (κ2) is 6.47. The highest BCUT2D eigenvalue weighted by Crippen LogP contribution is 2.21. The first-order chi connectivity index (χ1) is 9.96. The number of halogens is 3. The molecule has 0 bridgehead atoms. The molecule has 0 amide bonds. The van der Waals surface area contributed by atoms with E-state index in [1.807, 2.05) is 13.8 Å². The molecule has 0 fully saturated rings. The Bertz CT molecular complexity index is 659. The standard InChI is InChI=1S/C15H15BrF2N2O/c1-3-10-7-11(20(4-2)19-10)8-14(21)15-12(17)5-9(16)6-13(15)18/h5-7H,3-4,8H2,1-2H3. The number of aromatic nitrogens is 2. The number of rotatable bonds is 5. The van der Waals surface area contributed by atoms with Gasteiger partial charge in [0.1, 0.15) is 11.6 Å². The van der Waals surface area contributed by atoms with Gasteiger partial charge in [-0.15, -0.1) is 0 Å². The molecule has 1 heterocycles. The van der Waals surface area contributed by atoms with E-state index in [0.717, 1.165) is 24.2 Å². The summed E-state index contributed by atoms with van der Waals surface area (Å²) in [5.41, 5.74) is 1.03. The smallest absolute Gasteiger partial charge is 0.174 e. The zero-order chi connectivity index (χ0) is 15.6. The predicted molar refractivity (Wildman–Crippen MR) is 79.4 cm³/mol. The van der Waals surface area contributed by atoms with E-state index in [-0.39, 0.29) is 10.9 Å². The fourth-order valence-electron chi connectivity index (χ4n) is 2.17. The van der Waals surface area contributed by atoms with Crippen molar-refractivity contribution in [1.82, 2.24) is 9.78 Å². The van der Waals surface area contributed by atoms with Crippen molar-refractivity contribution >= 4 is 21.7 Å². The average Bonchev–Trinajstić information content (AvgIpc) is 2.79. The van der Waals surface area contributed by atoms with Crippen LogP contribution in [0.1, 0.15) is 35.6 Å². The van der Waals surface area contributed by atoms with Crippen molar-refractivity contribution in [2.45, 2.75) is 33.2 Å². The molecule has 3 nitrogen and oxygen atoms in total. The second-order valence-electron chi connectivity index (χ2n) is 4.64. The quantitative estimate of drug-likeness (QED) is 0.760. The van der Waals surface area contributed by atoms with Gasteiger partial charge < -0.3 is 0 Å². The van der Waals surface area contributed by atoms with Gasteiger partial charge in [0.15, 0.2) is 5.78 Å². The highest BCUT2D eigenvalue weighted by Gasteiger charge is 2.20. The molecule has 6 heteroatoms. The van der Waals surface area contributed by atoms with Crippen LogP contribution in [-0.2, 0) is 19.4 Å². The van der Waals surface area contributed by atoms with Crippen LogP contribution in [0, 0.1) is 11.6 Å². The number of ketones is 1. The van der Waals surface area contributed by atoms with Gasteiger partial charge in [0, 0.05) is 16.7 Å². The molecule has 1 aromatic heterocycles. The molecule has 2 aromatic rings. The topological polar surface area (TPSA) is 34.9 Å². The highest BCUT2D eigenvalue weighted by molar-refractivity contribution is 9.10. The lowest BCUT2D eigenvalue weighted by Crippen LogP contribution is -2.13. The average molecular weight is 357 g/mol. The molecule has 0 aliphatic carbocycles. The first-order valence-electron chi connectivity index (χ1n) is 6.69. The van der Waals surface area contributed by atoms with Crippen molar-refractivity contribution in [3.8, 4) is 0 Å². The molecule has 1 aromatic carbocycles. The van der Waals surface area contributed by atoms with Crippen LogP contribution in [0.5, 0.6) is 0 Å². The third kappa shape index (κ3) is 3.37. The minimum atomic E-state index is -0.856. The Morgan fingerprint density at radius 2 is 1.86 bits per heavy atom. The van der Waals surface area contributed by atoms with Gasteiger partial charge in [-0.3, -0.25) is 9.48 Å². The van der Waals surface area contributed by atoms with Gasteiger partial charge in [-0.05, 0) is 31.5 Å². The van der Waals surface area contributed by atoms with Gasteiger partial charge in [0.05, 0.1) is 17.7 Å². The van der Waals surface area contributed by atoms with Crippen LogP contribution < -0.4 is 0 Å². The summed E-state index contributed by atoms with van der Waals surface area (Å²) in [5, 5.41) is 4.32. The van der Waals surface area contributed by atoms with E-state index in [9.17, 15) is 13.6 Å². The molecule has 0 atom stereocenters. The summed E-state index contributed by atoms with van der Waals surface area (Å²) in [5.74, 6) is -2.30. The maximum Gasteiger partial charge on any atom is 0.174 e. The number of Topliss-reactive ketones (excluding diaryl/α,β-unsaturated/α-hetero) is 1. The summed E-state index contributed by atoms with van der Waals surface area (Å²) in [7, 11) is 0. The largest absolute Gasteiger partial charge is 0.294 e. The lowest BCUT2D eigenvalue weighted by Gasteiger charge is -2.06. The van der Waals surface area contributed by atoms with Crippen LogP contribution in [0.3, 0.4) is 0 Å². The SMILES string of the molecule is CCc1cc(CC(=O)c2c(F)cc(Br)cc2F)n(CC)n1. The molecule has 0 saturated carbocycles. The summed E-state index contributed by atoms with van der Waals surface area (Å²) in [4.78, 5) is 12.2. The Morgan fingerprint density at radius 1 is 1.24 bits per heavy atom. The van der Waals surface area contributed by atoms with Crippen molar-refractivity contribution in [3.05, 3.63) is 51.3 Å². The van der Waals surface area contributed by atoms with Crippen LogP contribution in [-0.4, -0.2) is 15.6 Å². The molecule has 0 aliphatic rings. The fraction of sp³-hybridized carbons (Fsp3) is 0.333. The molecule has 0 radical (unpaired) electrons. The maximum absolute atomic E-state index is 13.8. The van der Waals surface area contributed by atoms with E-state index in [0.29, 0.717) is 12.2 Å². The molecule has 0 N–H and O–H groups in total. The lowest BCUT2D eigenvalue weighted by molar-refractivity contribution is 0.0982. The molecular formula is C15H15BrF2N2O. The van der Waals surface area contributed by atoms with Gasteiger partial charge in [-0.25, -0.2) is 8.78 Å². The Morgan fingerprint density at radius 3 is 2.38 bits per heavy atom. The molecule has 21 heavy (non-hydrogen) atoms. The summed E-state index contributed by atoms with van der Waals surface area (Å²) in [6.45, 7) is 4.47. The third-order valence-corrected chi connectivity index (χ3v) is 3.66. The number of aryl methyl sites for hydroxylation is 2. The van der Waals surface area contributed by atoms with Crippen molar-refractivity contribution in [2.75, 3.05) is 0 Å². The number of benzene rings is 1. The van der Waals surface area contributed by atoms with Gasteiger partial charge in [-0.1, -0.05) is 22.9 Å².